The topological polar surface area (TPSA) is 44.8 Å². The Hall–Kier alpha value is -0.653. The van der Waals surface area contributed by atoms with Crippen LogP contribution in [0.2, 0.25) is 12.1 Å². The van der Waals surface area contributed by atoms with Gasteiger partial charge in [0.2, 0.25) is 0 Å². The van der Waals surface area contributed by atoms with Gasteiger partial charge in [-0.2, -0.15) is 0 Å². The van der Waals surface area contributed by atoms with E-state index in [4.69, 9.17) is 13.6 Å². The average molecular weight is 317 g/mol. The Bertz CT molecular complexity index is 282. The number of rotatable bonds is 13. The molecule has 0 bridgehead atoms. The Kier molecular flexibility index (Phi) is 11.6. The molecule has 0 aromatic heterocycles. The Balaban J connectivity index is 3.60. The van der Waals surface area contributed by atoms with Crippen LogP contribution in [0.4, 0.5) is 0 Å². The highest BCUT2D eigenvalue weighted by molar-refractivity contribution is 6.67. The lowest BCUT2D eigenvalue weighted by atomic mass is 10.1. The molecule has 0 saturated carbocycles. The molecule has 0 saturated heterocycles. The molecule has 0 radical (unpaired) electrons. The summed E-state index contributed by atoms with van der Waals surface area (Å²) < 4.78 is 16.3. The number of carbonyl (C=O) groups excluding carboxylic acids is 1. The van der Waals surface area contributed by atoms with Crippen LogP contribution in [0.3, 0.4) is 0 Å². The summed E-state index contributed by atoms with van der Waals surface area (Å²) in [6.45, 7) is 7.47. The molecule has 0 fully saturated rings. The van der Waals surface area contributed by atoms with E-state index in [0.29, 0.717) is 0 Å². The second kappa shape index (κ2) is 11.9. The molecule has 0 amide bonds. The zero-order valence-electron chi connectivity index (χ0n) is 14.2. The molecular formula is C16H32O4Si. The Morgan fingerprint density at radius 1 is 1.14 bits per heavy atom. The van der Waals surface area contributed by atoms with Gasteiger partial charge in [0.1, 0.15) is 0 Å². The highest BCUT2D eigenvalue weighted by Crippen LogP contribution is 2.21. The maximum absolute atomic E-state index is 11.0. The molecule has 0 aromatic rings. The van der Waals surface area contributed by atoms with Crippen molar-refractivity contribution in [2.24, 2.45) is 0 Å². The minimum atomic E-state index is -1.89. The van der Waals surface area contributed by atoms with Gasteiger partial charge in [-0.3, -0.25) is 0 Å². The zero-order valence-corrected chi connectivity index (χ0v) is 15.2. The van der Waals surface area contributed by atoms with Crippen molar-refractivity contribution in [2.45, 2.75) is 70.6 Å². The molecule has 0 rings (SSSR count). The van der Waals surface area contributed by atoms with Crippen molar-refractivity contribution in [3.05, 3.63) is 12.7 Å². The molecule has 0 aliphatic rings. The van der Waals surface area contributed by atoms with E-state index in [0.717, 1.165) is 24.9 Å². The van der Waals surface area contributed by atoms with Gasteiger partial charge in [0.15, 0.2) is 0 Å². The number of esters is 1. The van der Waals surface area contributed by atoms with Gasteiger partial charge in [-0.25, -0.2) is 4.79 Å². The fourth-order valence-electron chi connectivity index (χ4n) is 2.41. The van der Waals surface area contributed by atoms with Crippen LogP contribution in [0.1, 0.15) is 52.4 Å². The van der Waals surface area contributed by atoms with Crippen molar-refractivity contribution in [3.63, 3.8) is 0 Å². The summed E-state index contributed by atoms with van der Waals surface area (Å²) in [5, 5.41) is 0. The van der Waals surface area contributed by atoms with Crippen LogP contribution in [0, 0.1) is 0 Å². The van der Waals surface area contributed by atoms with Gasteiger partial charge >= 0.3 is 14.5 Å². The third kappa shape index (κ3) is 9.06. The molecule has 1 atom stereocenters. The maximum atomic E-state index is 11.0. The maximum Gasteiger partial charge on any atom is 0.337 e. The first-order valence-electron chi connectivity index (χ1n) is 7.97. The predicted molar refractivity (Wildman–Crippen MR) is 88.5 cm³/mol. The van der Waals surface area contributed by atoms with Gasteiger partial charge < -0.3 is 13.6 Å². The fourth-order valence-corrected chi connectivity index (χ4v) is 4.71. The molecule has 21 heavy (non-hydrogen) atoms. The monoisotopic (exact) mass is 316 g/mol. The zero-order chi connectivity index (χ0) is 16.1. The van der Waals surface area contributed by atoms with Crippen LogP contribution in [0.25, 0.3) is 0 Å². The van der Waals surface area contributed by atoms with Crippen LogP contribution in [-0.2, 0) is 18.4 Å². The molecule has 1 unspecified atom stereocenters. The average Bonchev–Trinajstić information content (AvgIpc) is 2.50. The van der Waals surface area contributed by atoms with Crippen LogP contribution in [0.5, 0.6) is 0 Å². The molecule has 0 heterocycles. The summed E-state index contributed by atoms with van der Waals surface area (Å²) in [7, 11) is 1.64. The highest BCUT2D eigenvalue weighted by Gasteiger charge is 2.32. The largest absolute Gasteiger partial charge is 0.460 e. The lowest BCUT2D eigenvalue weighted by Gasteiger charge is -2.25. The first-order valence-corrected chi connectivity index (χ1v) is 10.2. The van der Waals surface area contributed by atoms with E-state index in [1.165, 1.54) is 31.8 Å². The first-order chi connectivity index (χ1) is 10.0. The third-order valence-corrected chi connectivity index (χ3v) is 7.62. The van der Waals surface area contributed by atoms with Gasteiger partial charge in [0.05, 0.1) is 6.10 Å². The Morgan fingerprint density at radius 2 is 1.71 bits per heavy atom. The summed E-state index contributed by atoms with van der Waals surface area (Å²) in [5.74, 6) is -0.331. The SMILES string of the molecule is C=CC(=O)OC(C)CCCCCCC[Si](CC)(OC)OC. The molecule has 124 valence electrons. The minimum absolute atomic E-state index is 0.0161. The second-order valence-electron chi connectivity index (χ2n) is 5.43. The fraction of sp³-hybridized carbons (Fsp3) is 0.812. The van der Waals surface area contributed by atoms with Crippen LogP contribution >= 0.6 is 0 Å². The Morgan fingerprint density at radius 3 is 2.24 bits per heavy atom. The minimum Gasteiger partial charge on any atom is -0.460 e. The van der Waals surface area contributed by atoms with Crippen molar-refractivity contribution in [1.82, 2.24) is 0 Å². The van der Waals surface area contributed by atoms with Crippen molar-refractivity contribution < 1.29 is 18.4 Å². The standard InChI is InChI=1S/C16H32O4Si/c1-6-16(17)20-15(3)13-11-9-8-10-12-14-21(7-2,18-4)19-5/h6,15H,1,7-14H2,2-5H3. The van der Waals surface area contributed by atoms with Crippen molar-refractivity contribution >= 4 is 14.5 Å². The lowest BCUT2D eigenvalue weighted by molar-refractivity contribution is -0.142. The van der Waals surface area contributed by atoms with E-state index in [2.05, 4.69) is 13.5 Å². The quantitative estimate of drug-likeness (QED) is 0.221. The summed E-state index contributed by atoms with van der Waals surface area (Å²) in [6.07, 6.45) is 7.98. The van der Waals surface area contributed by atoms with Gasteiger partial charge in [0.25, 0.3) is 0 Å². The van der Waals surface area contributed by atoms with Gasteiger partial charge in [0, 0.05) is 20.3 Å². The van der Waals surface area contributed by atoms with Crippen LogP contribution < -0.4 is 0 Å². The summed E-state index contributed by atoms with van der Waals surface area (Å²) in [6, 6.07) is 2.08. The molecule has 0 N–H and O–H groups in total. The van der Waals surface area contributed by atoms with Crippen molar-refractivity contribution in [3.8, 4) is 0 Å². The lowest BCUT2D eigenvalue weighted by Crippen LogP contribution is -2.38. The van der Waals surface area contributed by atoms with Crippen molar-refractivity contribution in [1.29, 1.82) is 0 Å². The van der Waals surface area contributed by atoms with Crippen LogP contribution in [0.15, 0.2) is 12.7 Å². The third-order valence-electron chi connectivity index (χ3n) is 3.94. The number of hydrogen-bond acceptors (Lipinski definition) is 4. The molecule has 0 aliphatic carbocycles. The van der Waals surface area contributed by atoms with Gasteiger partial charge in [-0.05, 0) is 31.9 Å². The Labute approximate surface area is 131 Å². The smallest absolute Gasteiger partial charge is 0.337 e. The van der Waals surface area contributed by atoms with Gasteiger partial charge in [-0.1, -0.05) is 39.2 Å². The van der Waals surface area contributed by atoms with Crippen LogP contribution in [-0.4, -0.2) is 34.9 Å². The molecule has 5 heteroatoms. The van der Waals surface area contributed by atoms with E-state index in [1.807, 2.05) is 6.92 Å². The predicted octanol–water partition coefficient (Wildman–Crippen LogP) is 4.20. The van der Waals surface area contributed by atoms with Gasteiger partial charge in [-0.15, -0.1) is 0 Å². The number of unbranched alkanes of at least 4 members (excludes halogenated alkanes) is 4. The van der Waals surface area contributed by atoms with E-state index in [9.17, 15) is 4.79 Å². The van der Waals surface area contributed by atoms with Crippen molar-refractivity contribution in [2.75, 3.05) is 14.2 Å². The summed E-state index contributed by atoms with van der Waals surface area (Å²) >= 11 is 0. The molecule has 0 spiro atoms. The normalized spacial score (nSPS) is 13.0. The van der Waals surface area contributed by atoms with E-state index < -0.39 is 8.56 Å². The number of ether oxygens (including phenoxy) is 1. The second-order valence-corrected chi connectivity index (χ2v) is 9.28. The number of carbonyl (C=O) groups is 1. The molecular weight excluding hydrogens is 284 g/mol. The first kappa shape index (κ1) is 20.3. The van der Waals surface area contributed by atoms with E-state index >= 15 is 0 Å². The summed E-state index contributed by atoms with van der Waals surface area (Å²) in [5.41, 5.74) is 0. The molecule has 0 aromatic carbocycles. The van der Waals surface area contributed by atoms with E-state index in [1.54, 1.807) is 14.2 Å². The highest BCUT2D eigenvalue weighted by atomic mass is 28.4. The number of hydrogen-bond donors (Lipinski definition) is 0. The molecule has 0 aliphatic heterocycles. The molecule has 4 nitrogen and oxygen atoms in total. The summed E-state index contributed by atoms with van der Waals surface area (Å²) in [4.78, 5) is 11.0. The van der Waals surface area contributed by atoms with E-state index in [-0.39, 0.29) is 12.1 Å².